The number of hydrogen-bond donors (Lipinski definition) is 2. The molecule has 1 aromatic carbocycles. The van der Waals surface area contributed by atoms with Crippen molar-refractivity contribution >= 4 is 5.91 Å². The van der Waals surface area contributed by atoms with E-state index >= 15 is 0 Å². The lowest BCUT2D eigenvalue weighted by atomic mass is 10.1. The molecule has 2 rings (SSSR count). The first-order valence-electron chi connectivity index (χ1n) is 6.38. The maximum atomic E-state index is 13.6. The standard InChI is InChI=1S/C15H17FN2O/c1-10-7-12(10)9-18-15(19)13-8-11(3-2-6-17)4-5-14(13)16/h4-5,8,10,12H,6-7,9,17H2,1H3,(H,18,19). The lowest BCUT2D eigenvalue weighted by Gasteiger charge is -2.06. The van der Waals surface area contributed by atoms with Crippen LogP contribution in [0.15, 0.2) is 18.2 Å². The largest absolute Gasteiger partial charge is 0.352 e. The summed E-state index contributed by atoms with van der Waals surface area (Å²) in [6.45, 7) is 2.98. The molecule has 0 heterocycles. The Morgan fingerprint density at radius 1 is 1.58 bits per heavy atom. The van der Waals surface area contributed by atoms with Gasteiger partial charge < -0.3 is 11.1 Å². The lowest BCUT2D eigenvalue weighted by Crippen LogP contribution is -2.26. The molecule has 1 aliphatic carbocycles. The summed E-state index contributed by atoms with van der Waals surface area (Å²) < 4.78 is 13.6. The molecule has 0 saturated heterocycles. The SMILES string of the molecule is CC1CC1CNC(=O)c1cc(C#CCN)ccc1F. The fourth-order valence-corrected chi connectivity index (χ4v) is 1.93. The minimum atomic E-state index is -0.528. The molecular formula is C15H17FN2O. The zero-order valence-electron chi connectivity index (χ0n) is 10.9. The van der Waals surface area contributed by atoms with Gasteiger partial charge in [-0.1, -0.05) is 18.8 Å². The number of carbonyl (C=O) groups excluding carboxylic acids is 1. The van der Waals surface area contributed by atoms with Crippen LogP contribution >= 0.6 is 0 Å². The van der Waals surface area contributed by atoms with Crippen LogP contribution in [0.1, 0.15) is 29.3 Å². The van der Waals surface area contributed by atoms with Crippen LogP contribution in [-0.4, -0.2) is 19.0 Å². The van der Waals surface area contributed by atoms with E-state index in [-0.39, 0.29) is 18.0 Å². The van der Waals surface area contributed by atoms with E-state index in [9.17, 15) is 9.18 Å². The van der Waals surface area contributed by atoms with E-state index in [0.29, 0.717) is 23.9 Å². The van der Waals surface area contributed by atoms with Gasteiger partial charge in [0, 0.05) is 12.1 Å². The summed E-state index contributed by atoms with van der Waals surface area (Å²) in [7, 11) is 0. The minimum Gasteiger partial charge on any atom is -0.352 e. The maximum Gasteiger partial charge on any atom is 0.254 e. The Morgan fingerprint density at radius 3 is 2.95 bits per heavy atom. The van der Waals surface area contributed by atoms with Crippen LogP contribution < -0.4 is 11.1 Å². The third kappa shape index (κ3) is 3.55. The Kier molecular flexibility index (Phi) is 4.18. The third-order valence-electron chi connectivity index (χ3n) is 3.35. The molecule has 3 nitrogen and oxygen atoms in total. The molecule has 100 valence electrons. The van der Waals surface area contributed by atoms with Crippen molar-refractivity contribution in [3.05, 3.63) is 35.1 Å². The van der Waals surface area contributed by atoms with E-state index in [1.54, 1.807) is 0 Å². The van der Waals surface area contributed by atoms with Gasteiger partial charge in [-0.25, -0.2) is 4.39 Å². The van der Waals surface area contributed by atoms with Crippen molar-refractivity contribution in [3.8, 4) is 11.8 Å². The van der Waals surface area contributed by atoms with Crippen molar-refractivity contribution in [1.29, 1.82) is 0 Å². The molecule has 0 aliphatic heterocycles. The van der Waals surface area contributed by atoms with Gasteiger partial charge in [0.25, 0.3) is 5.91 Å². The molecule has 1 amide bonds. The number of halogens is 1. The van der Waals surface area contributed by atoms with Crippen molar-refractivity contribution in [3.63, 3.8) is 0 Å². The zero-order chi connectivity index (χ0) is 13.8. The summed E-state index contributed by atoms with van der Waals surface area (Å²) in [5.41, 5.74) is 5.91. The highest BCUT2D eigenvalue weighted by Gasteiger charge is 2.32. The molecule has 1 aliphatic rings. The van der Waals surface area contributed by atoms with Crippen LogP contribution in [-0.2, 0) is 0 Å². The molecule has 2 unspecified atom stereocenters. The fraction of sp³-hybridized carbons (Fsp3) is 0.400. The highest BCUT2D eigenvalue weighted by molar-refractivity contribution is 5.94. The second kappa shape index (κ2) is 5.85. The average Bonchev–Trinajstić information content (AvgIpc) is 3.11. The smallest absolute Gasteiger partial charge is 0.254 e. The number of nitrogens with one attached hydrogen (secondary N) is 1. The summed E-state index contributed by atoms with van der Waals surface area (Å²) in [6, 6.07) is 4.26. The van der Waals surface area contributed by atoms with Gasteiger partial charge in [-0.15, -0.1) is 0 Å². The Bertz CT molecular complexity index is 545. The van der Waals surface area contributed by atoms with E-state index in [4.69, 9.17) is 5.73 Å². The average molecular weight is 260 g/mol. The Hall–Kier alpha value is -1.86. The van der Waals surface area contributed by atoms with Crippen LogP contribution in [0.3, 0.4) is 0 Å². The molecule has 19 heavy (non-hydrogen) atoms. The van der Waals surface area contributed by atoms with Crippen molar-refractivity contribution in [2.75, 3.05) is 13.1 Å². The molecule has 1 fully saturated rings. The molecule has 0 bridgehead atoms. The van der Waals surface area contributed by atoms with Gasteiger partial charge in [0.15, 0.2) is 0 Å². The van der Waals surface area contributed by atoms with Crippen LogP contribution in [0.25, 0.3) is 0 Å². The summed E-state index contributed by atoms with van der Waals surface area (Å²) >= 11 is 0. The summed E-state index contributed by atoms with van der Waals surface area (Å²) in [5.74, 6) is 5.75. The predicted molar refractivity (Wildman–Crippen MR) is 71.9 cm³/mol. The summed E-state index contributed by atoms with van der Waals surface area (Å²) in [4.78, 5) is 11.9. The van der Waals surface area contributed by atoms with Gasteiger partial charge >= 0.3 is 0 Å². The molecule has 4 heteroatoms. The van der Waals surface area contributed by atoms with E-state index < -0.39 is 5.82 Å². The number of hydrogen-bond acceptors (Lipinski definition) is 2. The minimum absolute atomic E-state index is 0.0390. The van der Waals surface area contributed by atoms with Crippen molar-refractivity contribution in [1.82, 2.24) is 5.32 Å². The number of nitrogens with two attached hydrogens (primary N) is 1. The van der Waals surface area contributed by atoms with Crippen molar-refractivity contribution < 1.29 is 9.18 Å². The zero-order valence-corrected chi connectivity index (χ0v) is 10.9. The lowest BCUT2D eigenvalue weighted by molar-refractivity contribution is 0.0947. The van der Waals surface area contributed by atoms with Gasteiger partial charge in [-0.3, -0.25) is 4.79 Å². The molecule has 3 N–H and O–H groups in total. The van der Waals surface area contributed by atoms with Gasteiger partial charge in [0.2, 0.25) is 0 Å². The maximum absolute atomic E-state index is 13.6. The summed E-state index contributed by atoms with van der Waals surface area (Å²) in [5, 5.41) is 2.76. The van der Waals surface area contributed by atoms with Gasteiger partial charge in [-0.05, 0) is 36.5 Å². The molecule has 1 saturated carbocycles. The Balaban J connectivity index is 2.06. The van der Waals surface area contributed by atoms with Gasteiger partial charge in [0.05, 0.1) is 12.1 Å². The second-order valence-electron chi connectivity index (χ2n) is 4.88. The second-order valence-corrected chi connectivity index (χ2v) is 4.88. The number of carbonyl (C=O) groups is 1. The quantitative estimate of drug-likeness (QED) is 0.810. The van der Waals surface area contributed by atoms with Gasteiger partial charge in [-0.2, -0.15) is 0 Å². The number of rotatable bonds is 3. The molecule has 0 spiro atoms. The predicted octanol–water partition coefficient (Wildman–Crippen LogP) is 1.52. The Morgan fingerprint density at radius 2 is 2.32 bits per heavy atom. The van der Waals surface area contributed by atoms with E-state index in [2.05, 4.69) is 24.1 Å². The van der Waals surface area contributed by atoms with Crippen molar-refractivity contribution in [2.24, 2.45) is 17.6 Å². The summed E-state index contributed by atoms with van der Waals surface area (Å²) in [6.07, 6.45) is 1.13. The molecule has 1 aromatic rings. The first-order chi connectivity index (χ1) is 9.11. The normalized spacial score (nSPS) is 20.4. The Labute approximate surface area is 112 Å². The van der Waals surface area contributed by atoms with Crippen LogP contribution in [0.2, 0.25) is 0 Å². The van der Waals surface area contributed by atoms with Crippen molar-refractivity contribution in [2.45, 2.75) is 13.3 Å². The van der Waals surface area contributed by atoms with E-state index in [1.165, 1.54) is 18.2 Å². The highest BCUT2D eigenvalue weighted by Crippen LogP contribution is 2.36. The fourth-order valence-electron chi connectivity index (χ4n) is 1.93. The third-order valence-corrected chi connectivity index (χ3v) is 3.35. The van der Waals surface area contributed by atoms with Crippen LogP contribution in [0.4, 0.5) is 4.39 Å². The number of amides is 1. The van der Waals surface area contributed by atoms with E-state index in [1.807, 2.05) is 0 Å². The monoisotopic (exact) mass is 260 g/mol. The molecular weight excluding hydrogens is 243 g/mol. The van der Waals surface area contributed by atoms with E-state index in [0.717, 1.165) is 6.42 Å². The topological polar surface area (TPSA) is 55.1 Å². The van der Waals surface area contributed by atoms with Crippen LogP contribution in [0, 0.1) is 29.5 Å². The highest BCUT2D eigenvalue weighted by atomic mass is 19.1. The number of benzene rings is 1. The first-order valence-corrected chi connectivity index (χ1v) is 6.38. The van der Waals surface area contributed by atoms with Crippen LogP contribution in [0.5, 0.6) is 0 Å². The molecule has 0 aromatic heterocycles. The first kappa shape index (κ1) is 13.6. The van der Waals surface area contributed by atoms with Gasteiger partial charge in [0.1, 0.15) is 5.82 Å². The molecule has 0 radical (unpaired) electrons. The molecule has 2 atom stereocenters.